The van der Waals surface area contributed by atoms with Crippen molar-refractivity contribution in [2.24, 2.45) is 0 Å². The third-order valence-electron chi connectivity index (χ3n) is 2.28. The minimum Gasteiger partial charge on any atom is -0.330 e. The van der Waals surface area contributed by atoms with E-state index in [1.54, 1.807) is 11.8 Å². The molecule has 1 rings (SSSR count). The predicted molar refractivity (Wildman–Crippen MR) is 45.7 cm³/mol. The molecule has 68 valence electrons. The summed E-state index contributed by atoms with van der Waals surface area (Å²) in [7, 11) is 0. The van der Waals surface area contributed by atoms with E-state index in [1.165, 1.54) is 0 Å². The van der Waals surface area contributed by atoms with Gasteiger partial charge in [-0.3, -0.25) is 9.59 Å². The Balaban J connectivity index is 2.77. The zero-order valence-corrected chi connectivity index (χ0v) is 7.83. The Morgan fingerprint density at radius 1 is 1.58 bits per heavy atom. The molecule has 0 bridgehead atoms. The summed E-state index contributed by atoms with van der Waals surface area (Å²) in [6.07, 6.45) is 1.23. The van der Waals surface area contributed by atoms with Gasteiger partial charge in [0, 0.05) is 12.5 Å². The summed E-state index contributed by atoms with van der Waals surface area (Å²) in [6, 6.07) is -0.00796. The number of likely N-dealkylation sites (tertiary alicyclic amines) is 1. The van der Waals surface area contributed by atoms with Gasteiger partial charge in [-0.05, 0) is 27.2 Å². The number of carbonyl (C=O) groups is 2. The van der Waals surface area contributed by atoms with Gasteiger partial charge in [0.05, 0.1) is 6.04 Å². The smallest absolute Gasteiger partial charge is 0.223 e. The molecule has 0 aromatic rings. The zero-order chi connectivity index (χ0) is 9.30. The Morgan fingerprint density at radius 3 is 2.50 bits per heavy atom. The molecule has 0 aromatic carbocycles. The van der Waals surface area contributed by atoms with Crippen molar-refractivity contribution >= 4 is 11.7 Å². The maximum Gasteiger partial charge on any atom is 0.223 e. The molecular formula is C9H15NO2. The lowest BCUT2D eigenvalue weighted by Crippen LogP contribution is -2.42. The van der Waals surface area contributed by atoms with Crippen LogP contribution in [0.15, 0.2) is 0 Å². The lowest BCUT2D eigenvalue weighted by atomic mass is 10.1. The van der Waals surface area contributed by atoms with Crippen LogP contribution in [0.5, 0.6) is 0 Å². The molecule has 3 nitrogen and oxygen atoms in total. The highest BCUT2D eigenvalue weighted by Crippen LogP contribution is 2.21. The lowest BCUT2D eigenvalue weighted by molar-refractivity contribution is -0.135. The molecule has 0 aromatic heterocycles. The molecule has 0 radical (unpaired) electrons. The topological polar surface area (TPSA) is 37.4 Å². The maximum absolute atomic E-state index is 11.3. The SMILES string of the molecule is CC(=O)C1CCC(=O)N1C(C)C. The second kappa shape index (κ2) is 3.25. The first-order valence-electron chi connectivity index (χ1n) is 4.35. The molecule has 1 fully saturated rings. The number of nitrogens with zero attached hydrogens (tertiary/aromatic N) is 1. The molecule has 1 atom stereocenters. The second-order valence-corrected chi connectivity index (χ2v) is 3.56. The van der Waals surface area contributed by atoms with E-state index < -0.39 is 0 Å². The zero-order valence-electron chi connectivity index (χ0n) is 7.83. The van der Waals surface area contributed by atoms with Gasteiger partial charge >= 0.3 is 0 Å². The van der Waals surface area contributed by atoms with Gasteiger partial charge in [-0.2, -0.15) is 0 Å². The standard InChI is InChI=1S/C9H15NO2/c1-6(2)10-8(7(3)11)4-5-9(10)12/h6,8H,4-5H2,1-3H3. The van der Waals surface area contributed by atoms with Crippen LogP contribution in [-0.2, 0) is 9.59 Å². The summed E-state index contributed by atoms with van der Waals surface area (Å²) in [4.78, 5) is 24.1. The van der Waals surface area contributed by atoms with Crippen LogP contribution >= 0.6 is 0 Å². The minimum absolute atomic E-state index is 0.106. The number of hydrogen-bond acceptors (Lipinski definition) is 2. The van der Waals surface area contributed by atoms with E-state index in [2.05, 4.69) is 0 Å². The van der Waals surface area contributed by atoms with Gasteiger partial charge < -0.3 is 4.90 Å². The maximum atomic E-state index is 11.3. The second-order valence-electron chi connectivity index (χ2n) is 3.56. The van der Waals surface area contributed by atoms with Gasteiger partial charge in [-0.1, -0.05) is 0 Å². The summed E-state index contributed by atoms with van der Waals surface area (Å²) in [5.41, 5.74) is 0. The van der Waals surface area contributed by atoms with Crippen LogP contribution in [0.3, 0.4) is 0 Å². The van der Waals surface area contributed by atoms with Crippen molar-refractivity contribution in [3.05, 3.63) is 0 Å². The molecule has 3 heteroatoms. The Bertz CT molecular complexity index is 211. The Hall–Kier alpha value is -0.860. The lowest BCUT2D eigenvalue weighted by Gasteiger charge is -2.26. The van der Waals surface area contributed by atoms with Gasteiger partial charge in [0.2, 0.25) is 5.91 Å². The number of ketones is 1. The normalized spacial score (nSPS) is 23.8. The van der Waals surface area contributed by atoms with Gasteiger partial charge in [0.25, 0.3) is 0 Å². The molecule has 1 saturated heterocycles. The van der Waals surface area contributed by atoms with Crippen molar-refractivity contribution in [1.29, 1.82) is 0 Å². The summed E-state index contributed by atoms with van der Waals surface area (Å²) in [5, 5.41) is 0. The van der Waals surface area contributed by atoms with E-state index in [1.807, 2.05) is 13.8 Å². The van der Waals surface area contributed by atoms with Crippen molar-refractivity contribution in [3.8, 4) is 0 Å². The molecule has 0 N–H and O–H groups in total. The van der Waals surface area contributed by atoms with E-state index in [0.717, 1.165) is 0 Å². The number of rotatable bonds is 2. The van der Waals surface area contributed by atoms with Gasteiger partial charge in [0.1, 0.15) is 0 Å². The quantitative estimate of drug-likeness (QED) is 0.617. The van der Waals surface area contributed by atoms with Crippen molar-refractivity contribution in [2.45, 2.75) is 45.7 Å². The first kappa shape index (κ1) is 9.23. The summed E-state index contributed by atoms with van der Waals surface area (Å²) < 4.78 is 0. The summed E-state index contributed by atoms with van der Waals surface area (Å²) in [5.74, 6) is 0.222. The number of Topliss-reactive ketones (excluding diaryl/α,β-unsaturated/α-hetero) is 1. The van der Waals surface area contributed by atoms with Crippen molar-refractivity contribution < 1.29 is 9.59 Å². The van der Waals surface area contributed by atoms with Gasteiger partial charge in [-0.25, -0.2) is 0 Å². The highest BCUT2D eigenvalue weighted by atomic mass is 16.2. The fraction of sp³-hybridized carbons (Fsp3) is 0.778. The number of amides is 1. The largest absolute Gasteiger partial charge is 0.330 e. The first-order valence-corrected chi connectivity index (χ1v) is 4.35. The molecule has 0 saturated carbocycles. The first-order chi connectivity index (χ1) is 5.54. The number of hydrogen-bond donors (Lipinski definition) is 0. The summed E-state index contributed by atoms with van der Waals surface area (Å²) in [6.45, 7) is 5.44. The fourth-order valence-electron chi connectivity index (χ4n) is 1.75. The molecule has 1 amide bonds. The van der Waals surface area contributed by atoms with Crippen LogP contribution in [0, 0.1) is 0 Å². The van der Waals surface area contributed by atoms with Crippen molar-refractivity contribution in [2.75, 3.05) is 0 Å². The average Bonchev–Trinajstić information content (AvgIpc) is 2.30. The molecule has 1 aliphatic heterocycles. The molecular weight excluding hydrogens is 154 g/mol. The van der Waals surface area contributed by atoms with E-state index in [-0.39, 0.29) is 23.8 Å². The predicted octanol–water partition coefficient (Wildman–Crippen LogP) is 0.975. The van der Waals surface area contributed by atoms with Crippen LogP contribution in [0.1, 0.15) is 33.6 Å². The third kappa shape index (κ3) is 1.49. The molecule has 12 heavy (non-hydrogen) atoms. The highest BCUT2D eigenvalue weighted by Gasteiger charge is 2.35. The van der Waals surface area contributed by atoms with Crippen LogP contribution in [0.2, 0.25) is 0 Å². The van der Waals surface area contributed by atoms with Gasteiger partial charge in [-0.15, -0.1) is 0 Å². The minimum atomic E-state index is -0.155. The van der Waals surface area contributed by atoms with Crippen LogP contribution in [0.4, 0.5) is 0 Å². The Morgan fingerprint density at radius 2 is 2.17 bits per heavy atom. The van der Waals surface area contributed by atoms with E-state index in [0.29, 0.717) is 12.8 Å². The third-order valence-corrected chi connectivity index (χ3v) is 2.28. The van der Waals surface area contributed by atoms with E-state index in [9.17, 15) is 9.59 Å². The number of carbonyl (C=O) groups excluding carboxylic acids is 2. The van der Waals surface area contributed by atoms with Crippen molar-refractivity contribution in [3.63, 3.8) is 0 Å². The van der Waals surface area contributed by atoms with Crippen molar-refractivity contribution in [1.82, 2.24) is 4.90 Å². The molecule has 0 aliphatic carbocycles. The average molecular weight is 169 g/mol. The molecule has 1 heterocycles. The van der Waals surface area contributed by atoms with E-state index in [4.69, 9.17) is 0 Å². The van der Waals surface area contributed by atoms with E-state index >= 15 is 0 Å². The monoisotopic (exact) mass is 169 g/mol. The Labute approximate surface area is 72.7 Å². The molecule has 1 unspecified atom stereocenters. The molecule has 0 spiro atoms. The Kier molecular flexibility index (Phi) is 2.50. The van der Waals surface area contributed by atoms with Gasteiger partial charge in [0.15, 0.2) is 5.78 Å². The fourth-order valence-corrected chi connectivity index (χ4v) is 1.75. The van der Waals surface area contributed by atoms with Crippen LogP contribution in [0.25, 0.3) is 0 Å². The summed E-state index contributed by atoms with van der Waals surface area (Å²) >= 11 is 0. The highest BCUT2D eigenvalue weighted by molar-refractivity contribution is 5.90. The van der Waals surface area contributed by atoms with Crippen LogP contribution < -0.4 is 0 Å². The molecule has 1 aliphatic rings. The van der Waals surface area contributed by atoms with Crippen LogP contribution in [-0.4, -0.2) is 28.7 Å².